The summed E-state index contributed by atoms with van der Waals surface area (Å²) in [4.78, 5) is 13.9. The Balaban J connectivity index is 1.54. The molecule has 3 aromatic heterocycles. The first-order chi connectivity index (χ1) is 13.0. The van der Waals surface area contributed by atoms with Crippen molar-refractivity contribution < 1.29 is 14.1 Å². The minimum atomic E-state index is -0.380. The van der Waals surface area contributed by atoms with Gasteiger partial charge in [0.05, 0.1) is 12.2 Å². The Bertz CT molecular complexity index is 1110. The van der Waals surface area contributed by atoms with Crippen LogP contribution in [-0.4, -0.2) is 20.9 Å². The first kappa shape index (κ1) is 17.8. The predicted molar refractivity (Wildman–Crippen MR) is 103 cm³/mol. The molecule has 0 aliphatic carbocycles. The van der Waals surface area contributed by atoms with Gasteiger partial charge in [0.15, 0.2) is 0 Å². The molecule has 0 N–H and O–H groups in total. The number of hydrogen-bond donors (Lipinski definition) is 0. The van der Waals surface area contributed by atoms with E-state index in [1.165, 1.54) is 11.3 Å². The molecule has 0 fully saturated rings. The molecule has 4 aromatic rings. The largest absolute Gasteiger partial charge is 0.455 e. The van der Waals surface area contributed by atoms with Crippen LogP contribution in [0.1, 0.15) is 32.4 Å². The minimum absolute atomic E-state index is 0.0836. The maximum atomic E-state index is 12.4. The first-order valence-electron chi connectivity index (χ1n) is 8.30. The van der Waals surface area contributed by atoms with Crippen LogP contribution in [0.2, 0.25) is 5.02 Å². The minimum Gasteiger partial charge on any atom is -0.455 e. The summed E-state index contributed by atoms with van der Waals surface area (Å²) in [6, 6.07) is 11.2. The van der Waals surface area contributed by atoms with E-state index in [0.717, 1.165) is 21.5 Å². The van der Waals surface area contributed by atoms with E-state index in [-0.39, 0.29) is 12.6 Å². The second-order valence-corrected chi connectivity index (χ2v) is 7.67. The molecule has 0 unspecified atom stereocenters. The fraction of sp³-hybridized carbons (Fsp3) is 0.211. The van der Waals surface area contributed by atoms with Gasteiger partial charge in [0.2, 0.25) is 0 Å². The number of hydrogen-bond acceptors (Lipinski definition) is 6. The van der Waals surface area contributed by atoms with E-state index in [1.807, 2.05) is 41.9 Å². The van der Waals surface area contributed by atoms with Gasteiger partial charge in [-0.05, 0) is 37.6 Å². The Morgan fingerprint density at radius 2 is 2.04 bits per heavy atom. The highest BCUT2D eigenvalue weighted by atomic mass is 35.5. The van der Waals surface area contributed by atoms with E-state index in [2.05, 4.69) is 10.3 Å². The Hall–Kier alpha value is -2.64. The van der Waals surface area contributed by atoms with Crippen LogP contribution in [0.5, 0.6) is 0 Å². The zero-order valence-electron chi connectivity index (χ0n) is 14.7. The van der Waals surface area contributed by atoms with Gasteiger partial charge in [-0.15, -0.1) is 11.3 Å². The van der Waals surface area contributed by atoms with Gasteiger partial charge in [0, 0.05) is 16.5 Å². The zero-order valence-corrected chi connectivity index (χ0v) is 16.3. The number of aryl methyl sites for hydroxylation is 2. The number of aromatic nitrogens is 3. The van der Waals surface area contributed by atoms with Gasteiger partial charge in [0.1, 0.15) is 27.8 Å². The Labute approximate surface area is 164 Å². The molecule has 0 bridgehead atoms. The van der Waals surface area contributed by atoms with Crippen molar-refractivity contribution in [3.05, 3.63) is 69.0 Å². The van der Waals surface area contributed by atoms with Crippen molar-refractivity contribution in [2.45, 2.75) is 27.0 Å². The second kappa shape index (κ2) is 7.17. The third-order valence-corrected chi connectivity index (χ3v) is 5.46. The summed E-state index contributed by atoms with van der Waals surface area (Å²) in [5, 5.41) is 10.1. The summed E-state index contributed by atoms with van der Waals surface area (Å²) in [7, 11) is 0. The molecule has 8 heteroatoms. The second-order valence-electron chi connectivity index (χ2n) is 6.20. The van der Waals surface area contributed by atoms with Crippen molar-refractivity contribution in [3.8, 4) is 0 Å². The molecule has 4 rings (SSSR count). The summed E-state index contributed by atoms with van der Waals surface area (Å²) in [5.41, 5.74) is 2.55. The number of ether oxygens (including phenoxy) is 1. The maximum Gasteiger partial charge on any atom is 0.348 e. The summed E-state index contributed by atoms with van der Waals surface area (Å²) < 4.78 is 12.2. The van der Waals surface area contributed by atoms with Crippen molar-refractivity contribution in [1.29, 1.82) is 0 Å². The summed E-state index contributed by atoms with van der Waals surface area (Å²) in [6.07, 6.45) is 0. The van der Waals surface area contributed by atoms with Gasteiger partial charge in [-0.3, -0.25) is 4.68 Å². The van der Waals surface area contributed by atoms with E-state index < -0.39 is 0 Å². The quantitative estimate of drug-likeness (QED) is 0.451. The van der Waals surface area contributed by atoms with Crippen LogP contribution in [0.15, 0.2) is 40.9 Å². The van der Waals surface area contributed by atoms with Crippen molar-refractivity contribution >= 4 is 39.1 Å². The predicted octanol–water partition coefficient (Wildman–Crippen LogP) is 4.76. The fourth-order valence-corrected chi connectivity index (χ4v) is 3.96. The Morgan fingerprint density at radius 1 is 1.26 bits per heavy atom. The van der Waals surface area contributed by atoms with Crippen molar-refractivity contribution in [2.75, 3.05) is 0 Å². The van der Waals surface area contributed by atoms with Crippen LogP contribution < -0.4 is 0 Å². The van der Waals surface area contributed by atoms with Crippen molar-refractivity contribution in [1.82, 2.24) is 14.9 Å². The third-order valence-electron chi connectivity index (χ3n) is 4.08. The van der Waals surface area contributed by atoms with Crippen LogP contribution in [0.25, 0.3) is 10.2 Å². The molecular formula is C19H16ClN3O3S. The molecule has 0 aliphatic rings. The van der Waals surface area contributed by atoms with Gasteiger partial charge in [-0.1, -0.05) is 28.9 Å². The first-order valence-corrected chi connectivity index (χ1v) is 9.50. The summed E-state index contributed by atoms with van der Waals surface area (Å²) in [5.74, 6) is 0.301. The number of esters is 1. The van der Waals surface area contributed by atoms with E-state index in [0.29, 0.717) is 27.9 Å². The molecule has 0 atom stereocenters. The number of halogens is 1. The molecule has 0 amide bonds. The topological polar surface area (TPSA) is 70.2 Å². The molecule has 0 saturated carbocycles. The lowest BCUT2D eigenvalue weighted by atomic mass is 10.2. The molecule has 0 spiro atoms. The van der Waals surface area contributed by atoms with Gasteiger partial charge < -0.3 is 9.26 Å². The van der Waals surface area contributed by atoms with Crippen molar-refractivity contribution in [2.24, 2.45) is 0 Å². The lowest BCUT2D eigenvalue weighted by Gasteiger charge is -2.03. The standard InChI is InChI=1S/C19H16ClN3O3S/c1-11-7-15(22-26-11)10-25-19(24)17-8-16-12(2)21-23(18(16)27-17)9-13-3-5-14(20)6-4-13/h3-8H,9-10H2,1-2H3. The van der Waals surface area contributed by atoms with Gasteiger partial charge in [0.25, 0.3) is 0 Å². The number of fused-ring (bicyclic) bond motifs is 1. The molecule has 3 heterocycles. The van der Waals surface area contributed by atoms with E-state index in [1.54, 1.807) is 13.0 Å². The van der Waals surface area contributed by atoms with Crippen molar-refractivity contribution in [3.63, 3.8) is 0 Å². The zero-order chi connectivity index (χ0) is 19.0. The summed E-state index contributed by atoms with van der Waals surface area (Å²) in [6.45, 7) is 4.41. The average molecular weight is 402 g/mol. The van der Waals surface area contributed by atoms with E-state index >= 15 is 0 Å². The lowest BCUT2D eigenvalue weighted by Crippen LogP contribution is -2.04. The highest BCUT2D eigenvalue weighted by Gasteiger charge is 2.18. The van der Waals surface area contributed by atoms with E-state index in [9.17, 15) is 4.79 Å². The molecule has 0 saturated heterocycles. The molecule has 27 heavy (non-hydrogen) atoms. The fourth-order valence-electron chi connectivity index (χ4n) is 2.78. The number of carbonyl (C=O) groups is 1. The van der Waals surface area contributed by atoms with Crippen LogP contribution in [0, 0.1) is 13.8 Å². The highest BCUT2D eigenvalue weighted by Crippen LogP contribution is 2.29. The molecule has 1 aromatic carbocycles. The maximum absolute atomic E-state index is 12.4. The molecule has 138 valence electrons. The highest BCUT2D eigenvalue weighted by molar-refractivity contribution is 7.20. The van der Waals surface area contributed by atoms with E-state index in [4.69, 9.17) is 20.9 Å². The smallest absolute Gasteiger partial charge is 0.348 e. The molecule has 0 aliphatic heterocycles. The van der Waals surface area contributed by atoms with Gasteiger partial charge in [-0.2, -0.15) is 5.10 Å². The lowest BCUT2D eigenvalue weighted by molar-refractivity contribution is 0.0470. The number of benzene rings is 1. The normalized spacial score (nSPS) is 11.2. The van der Waals surface area contributed by atoms with Gasteiger partial charge >= 0.3 is 5.97 Å². The monoisotopic (exact) mass is 401 g/mol. The number of thiophene rings is 1. The summed E-state index contributed by atoms with van der Waals surface area (Å²) >= 11 is 7.32. The molecule has 0 radical (unpaired) electrons. The molecule has 6 nitrogen and oxygen atoms in total. The van der Waals surface area contributed by atoms with Crippen LogP contribution in [0.4, 0.5) is 0 Å². The number of carbonyl (C=O) groups excluding carboxylic acids is 1. The number of rotatable bonds is 5. The van der Waals surface area contributed by atoms with Crippen LogP contribution in [-0.2, 0) is 17.9 Å². The van der Waals surface area contributed by atoms with Crippen LogP contribution >= 0.6 is 22.9 Å². The SMILES string of the molecule is Cc1cc(COC(=O)c2cc3c(C)nn(Cc4ccc(Cl)cc4)c3s2)no1. The Kier molecular flexibility index (Phi) is 4.72. The third kappa shape index (κ3) is 3.74. The average Bonchev–Trinajstić information content (AvgIpc) is 3.33. The Morgan fingerprint density at radius 3 is 2.74 bits per heavy atom. The van der Waals surface area contributed by atoms with Crippen LogP contribution in [0.3, 0.4) is 0 Å². The number of nitrogens with zero attached hydrogens (tertiary/aromatic N) is 3. The molecular weight excluding hydrogens is 386 g/mol. The van der Waals surface area contributed by atoms with Gasteiger partial charge in [-0.25, -0.2) is 4.79 Å².